The van der Waals surface area contributed by atoms with Crippen molar-refractivity contribution in [1.29, 1.82) is 0 Å². The Bertz CT molecular complexity index is 1580. The number of carbonyl (C=O) groups is 1. The maximum absolute atomic E-state index is 13.3. The van der Waals surface area contributed by atoms with Gasteiger partial charge in [-0.3, -0.25) is 9.78 Å². The van der Waals surface area contributed by atoms with Gasteiger partial charge < -0.3 is 10.4 Å². The maximum atomic E-state index is 13.3. The predicted molar refractivity (Wildman–Crippen MR) is 152 cm³/mol. The Balaban J connectivity index is 1.54. The maximum Gasteiger partial charge on any atom is 0.257 e. The van der Waals surface area contributed by atoms with Crippen LogP contribution < -0.4 is 5.32 Å². The predicted octanol–water partition coefficient (Wildman–Crippen LogP) is 7.15. The van der Waals surface area contributed by atoms with Gasteiger partial charge in [0.25, 0.3) is 5.91 Å². The summed E-state index contributed by atoms with van der Waals surface area (Å²) in [7, 11) is -4.02. The molecule has 0 saturated heterocycles. The lowest BCUT2D eigenvalue weighted by Gasteiger charge is -2.17. The van der Waals surface area contributed by atoms with E-state index < -0.39 is 26.8 Å². The summed E-state index contributed by atoms with van der Waals surface area (Å²) in [5, 5.41) is 12.1. The smallest absolute Gasteiger partial charge is 0.257 e. The summed E-state index contributed by atoms with van der Waals surface area (Å²) in [6.07, 6.45) is 2.21. The van der Waals surface area contributed by atoms with E-state index in [0.717, 1.165) is 5.56 Å². The van der Waals surface area contributed by atoms with Crippen molar-refractivity contribution in [2.24, 2.45) is 0 Å². The zero-order valence-corrected chi connectivity index (χ0v) is 22.5. The van der Waals surface area contributed by atoms with Crippen molar-refractivity contribution >= 4 is 44.6 Å². The number of halogens is 2. The van der Waals surface area contributed by atoms with Gasteiger partial charge in [0.05, 0.1) is 26.2 Å². The Morgan fingerprint density at radius 3 is 2.34 bits per heavy atom. The van der Waals surface area contributed by atoms with Gasteiger partial charge in [0, 0.05) is 17.4 Å². The van der Waals surface area contributed by atoms with Gasteiger partial charge >= 0.3 is 0 Å². The third-order valence-electron chi connectivity index (χ3n) is 5.96. The third-order valence-corrected chi connectivity index (χ3v) is 8.77. The lowest BCUT2D eigenvalue weighted by Crippen LogP contribution is -2.24. The quantitative estimate of drug-likeness (QED) is 0.209. The van der Waals surface area contributed by atoms with E-state index in [9.17, 15) is 18.3 Å². The van der Waals surface area contributed by atoms with E-state index in [4.69, 9.17) is 23.2 Å². The van der Waals surface area contributed by atoms with Crippen molar-refractivity contribution in [3.63, 3.8) is 0 Å². The van der Waals surface area contributed by atoms with Crippen LogP contribution >= 0.6 is 23.2 Å². The highest BCUT2D eigenvalue weighted by Gasteiger charge is 2.31. The molecule has 2 N–H and O–H groups in total. The molecule has 0 aliphatic carbocycles. The van der Waals surface area contributed by atoms with E-state index in [0.29, 0.717) is 28.4 Å². The second-order valence-electron chi connectivity index (χ2n) is 8.55. The molecule has 0 radical (unpaired) electrons. The monoisotopic (exact) mass is 566 g/mol. The average Bonchev–Trinajstić information content (AvgIpc) is 2.90. The van der Waals surface area contributed by atoms with E-state index >= 15 is 0 Å². The number of rotatable bonds is 9. The topological polar surface area (TPSA) is 96.4 Å². The van der Waals surface area contributed by atoms with Gasteiger partial charge in [-0.25, -0.2) is 8.42 Å². The Hall–Kier alpha value is -3.65. The van der Waals surface area contributed by atoms with Crippen molar-refractivity contribution in [1.82, 2.24) is 4.98 Å². The molecular formula is C29H24Cl2N2O4S. The fraction of sp³-hybridized carbons (Fsp3) is 0.103. The molecule has 38 heavy (non-hydrogen) atoms. The second kappa shape index (κ2) is 11.8. The fourth-order valence-corrected chi connectivity index (χ4v) is 6.18. The highest BCUT2D eigenvalue weighted by molar-refractivity contribution is 7.92. The Morgan fingerprint density at radius 2 is 1.68 bits per heavy atom. The molecule has 4 rings (SSSR count). The zero-order chi connectivity index (χ0) is 27.3. The highest BCUT2D eigenvalue weighted by Crippen LogP contribution is 2.31. The van der Waals surface area contributed by atoms with Crippen molar-refractivity contribution in [3.05, 3.63) is 125 Å². The van der Waals surface area contributed by atoms with Crippen LogP contribution in [0.3, 0.4) is 0 Å². The van der Waals surface area contributed by atoms with E-state index in [1.165, 1.54) is 18.2 Å². The molecule has 6 nitrogen and oxygen atoms in total. The molecule has 0 fully saturated rings. The Kier molecular flexibility index (Phi) is 8.52. The molecule has 3 aromatic carbocycles. The van der Waals surface area contributed by atoms with Gasteiger partial charge in [-0.05, 0) is 66.9 Å². The summed E-state index contributed by atoms with van der Waals surface area (Å²) in [5.74, 6) is -0.981. The first-order chi connectivity index (χ1) is 18.2. The first-order valence-corrected chi connectivity index (χ1v) is 13.9. The summed E-state index contributed by atoms with van der Waals surface area (Å²) in [6, 6.07) is 23.6. The minimum atomic E-state index is -4.02. The summed E-state index contributed by atoms with van der Waals surface area (Å²) in [5.41, 5.74) is 2.78. The molecule has 0 aliphatic rings. The molecule has 0 bridgehead atoms. The van der Waals surface area contributed by atoms with Crippen LogP contribution in [0.4, 0.5) is 5.69 Å². The van der Waals surface area contributed by atoms with E-state index in [1.54, 1.807) is 36.5 Å². The molecule has 194 valence electrons. The number of carbonyl (C=O) groups excluding carboxylic acids is 1. The number of pyridine rings is 1. The number of amides is 1. The van der Waals surface area contributed by atoms with E-state index in [2.05, 4.69) is 16.9 Å². The number of sulfone groups is 1. The molecule has 9 heteroatoms. The van der Waals surface area contributed by atoms with Crippen LogP contribution in [0.15, 0.2) is 108 Å². The van der Waals surface area contributed by atoms with Crippen LogP contribution in [0.25, 0.3) is 11.3 Å². The minimum absolute atomic E-state index is 0.0483. The molecule has 1 unspecified atom stereocenters. The molecule has 0 aliphatic heterocycles. The zero-order valence-electron chi connectivity index (χ0n) is 20.1. The first-order valence-electron chi connectivity index (χ1n) is 11.6. The van der Waals surface area contributed by atoms with Crippen molar-refractivity contribution in [2.45, 2.75) is 23.0 Å². The standard InChI is InChI=1S/C29H24Cl2N2O4S/c1-19(34)28(15-10-20-7-3-2-4-8-20)38(36,37)22-12-13-23(26(31)18-22)29(35)33-21-11-14-25(30)24(17-21)27-9-5-6-16-32-27/h2-9,11-14,16-18,28,34H,1,10,15H2,(H,33,35). The molecule has 1 heterocycles. The Morgan fingerprint density at radius 1 is 0.947 bits per heavy atom. The molecule has 1 aromatic heterocycles. The summed E-state index contributed by atoms with van der Waals surface area (Å²) >= 11 is 12.7. The lowest BCUT2D eigenvalue weighted by molar-refractivity contribution is 0.102. The van der Waals surface area contributed by atoms with Crippen LogP contribution in [-0.2, 0) is 16.3 Å². The molecule has 4 aromatic rings. The van der Waals surface area contributed by atoms with Gasteiger partial charge in [-0.15, -0.1) is 0 Å². The van der Waals surface area contributed by atoms with Crippen LogP contribution in [0.5, 0.6) is 0 Å². The Labute approximate surface area is 231 Å². The first kappa shape index (κ1) is 27.4. The van der Waals surface area contributed by atoms with Crippen molar-refractivity contribution in [2.75, 3.05) is 5.32 Å². The molecule has 0 saturated carbocycles. The van der Waals surface area contributed by atoms with Gasteiger partial charge in [-0.2, -0.15) is 0 Å². The molecule has 1 amide bonds. The van der Waals surface area contributed by atoms with Gasteiger partial charge in [-0.1, -0.05) is 66.2 Å². The number of hydrogen-bond acceptors (Lipinski definition) is 5. The normalized spacial score (nSPS) is 12.1. The van der Waals surface area contributed by atoms with E-state index in [-0.39, 0.29) is 21.9 Å². The third kappa shape index (κ3) is 6.25. The number of nitrogens with one attached hydrogen (secondary N) is 1. The number of benzene rings is 3. The van der Waals surface area contributed by atoms with Crippen molar-refractivity contribution in [3.8, 4) is 11.3 Å². The number of aliphatic hydroxyl groups is 1. The van der Waals surface area contributed by atoms with Crippen LogP contribution in [-0.4, -0.2) is 29.7 Å². The van der Waals surface area contributed by atoms with E-state index in [1.807, 2.05) is 36.4 Å². The van der Waals surface area contributed by atoms with Crippen LogP contribution in [0.1, 0.15) is 22.3 Å². The number of aromatic nitrogens is 1. The lowest BCUT2D eigenvalue weighted by atomic mass is 10.1. The van der Waals surface area contributed by atoms with Crippen LogP contribution in [0, 0.1) is 0 Å². The minimum Gasteiger partial charge on any atom is -0.512 e. The number of aliphatic hydroxyl groups excluding tert-OH is 1. The largest absolute Gasteiger partial charge is 0.512 e. The van der Waals surface area contributed by atoms with Crippen molar-refractivity contribution < 1.29 is 18.3 Å². The number of nitrogens with zero attached hydrogens (tertiary/aromatic N) is 1. The highest BCUT2D eigenvalue weighted by atomic mass is 35.5. The van der Waals surface area contributed by atoms with Gasteiger partial charge in [0.1, 0.15) is 11.0 Å². The van der Waals surface area contributed by atoms with Gasteiger partial charge in [0.15, 0.2) is 9.84 Å². The second-order valence-corrected chi connectivity index (χ2v) is 11.5. The average molecular weight is 567 g/mol. The summed E-state index contributed by atoms with van der Waals surface area (Å²) < 4.78 is 26.7. The fourth-order valence-electron chi connectivity index (χ4n) is 3.98. The summed E-state index contributed by atoms with van der Waals surface area (Å²) in [4.78, 5) is 17.2. The molecule has 0 spiro atoms. The molecule has 1 atom stereocenters. The number of aryl methyl sites for hydroxylation is 1. The SMILES string of the molecule is C=C(O)C(CCc1ccccc1)S(=O)(=O)c1ccc(C(=O)Nc2ccc(Cl)c(-c3ccccn3)c2)c(Cl)c1. The number of anilines is 1. The molecular weight excluding hydrogens is 543 g/mol. The van der Waals surface area contributed by atoms with Crippen LogP contribution in [0.2, 0.25) is 10.0 Å². The summed E-state index contributed by atoms with van der Waals surface area (Å²) in [6.45, 7) is 3.48. The van der Waals surface area contributed by atoms with Gasteiger partial charge in [0.2, 0.25) is 0 Å². The number of hydrogen-bond donors (Lipinski definition) is 2.